The van der Waals surface area contributed by atoms with E-state index < -0.39 is 17.8 Å². The van der Waals surface area contributed by atoms with Gasteiger partial charge < -0.3 is 15.2 Å². The number of carboxylic acid groups (broad SMARTS) is 1. The van der Waals surface area contributed by atoms with E-state index in [1.165, 1.54) is 16.9 Å². The summed E-state index contributed by atoms with van der Waals surface area (Å²) in [7, 11) is 0. The molecule has 0 radical (unpaired) electrons. The van der Waals surface area contributed by atoms with Crippen LogP contribution >= 0.6 is 11.3 Å². The largest absolute Gasteiger partial charge is 0.481 e. The van der Waals surface area contributed by atoms with Gasteiger partial charge in [-0.15, -0.1) is 11.3 Å². The summed E-state index contributed by atoms with van der Waals surface area (Å²) in [6.45, 7) is 3.99. The third-order valence-corrected chi connectivity index (χ3v) is 6.10. The van der Waals surface area contributed by atoms with Crippen LogP contribution in [-0.2, 0) is 14.3 Å². The lowest BCUT2D eigenvalue weighted by Gasteiger charge is -2.23. The molecule has 7 heteroatoms. The zero-order valence-corrected chi connectivity index (χ0v) is 15.4. The Kier molecular flexibility index (Phi) is 4.28. The van der Waals surface area contributed by atoms with E-state index in [0.717, 1.165) is 22.6 Å². The van der Waals surface area contributed by atoms with Crippen molar-refractivity contribution in [2.45, 2.75) is 38.9 Å². The molecule has 2 N–H and O–H groups in total. The fraction of sp³-hybridized carbons (Fsp3) is 0.421. The fourth-order valence-corrected chi connectivity index (χ4v) is 4.78. The highest BCUT2D eigenvalue weighted by molar-refractivity contribution is 7.16. The minimum atomic E-state index is -0.965. The Labute approximate surface area is 155 Å². The molecule has 4 atom stereocenters. The van der Waals surface area contributed by atoms with Gasteiger partial charge in [0.1, 0.15) is 0 Å². The highest BCUT2D eigenvalue weighted by Gasteiger charge is 2.55. The number of hydrogen-bond acceptors (Lipinski definition) is 5. The monoisotopic (exact) mass is 372 g/mol. The van der Waals surface area contributed by atoms with E-state index in [1.807, 2.05) is 38.1 Å². The minimum absolute atomic E-state index is 0.307. The van der Waals surface area contributed by atoms with Crippen LogP contribution in [0, 0.1) is 25.7 Å². The van der Waals surface area contributed by atoms with Gasteiger partial charge >= 0.3 is 5.97 Å². The first-order chi connectivity index (χ1) is 12.4. The Balaban J connectivity index is 1.54. The summed E-state index contributed by atoms with van der Waals surface area (Å²) in [4.78, 5) is 29.8. The molecule has 0 spiro atoms. The van der Waals surface area contributed by atoms with E-state index in [-0.39, 0.29) is 18.1 Å². The Morgan fingerprint density at radius 1 is 1.15 bits per heavy atom. The molecule has 2 aromatic rings. The Bertz CT molecular complexity index is 861. The number of carboxylic acids is 1. The number of carbonyl (C=O) groups excluding carboxylic acids is 1. The number of fused-ring (bicyclic) bond motifs is 2. The second-order valence-electron chi connectivity index (χ2n) is 6.96. The highest BCUT2D eigenvalue weighted by atomic mass is 32.1. The number of aromatic nitrogens is 1. The lowest BCUT2D eigenvalue weighted by molar-refractivity contribution is -0.147. The van der Waals surface area contributed by atoms with Crippen LogP contribution in [0.1, 0.15) is 23.3 Å². The Morgan fingerprint density at radius 3 is 2.46 bits per heavy atom. The molecule has 2 aliphatic rings. The number of benzene rings is 1. The number of rotatable bonds is 4. The number of ether oxygens (including phenoxy) is 1. The summed E-state index contributed by atoms with van der Waals surface area (Å²) in [6.07, 6.45) is 0.783. The molecule has 2 bridgehead atoms. The van der Waals surface area contributed by atoms with E-state index >= 15 is 0 Å². The van der Waals surface area contributed by atoms with Crippen LogP contribution in [0.3, 0.4) is 0 Å². The molecule has 136 valence electrons. The molecule has 26 heavy (non-hydrogen) atoms. The molecule has 0 aliphatic carbocycles. The molecule has 1 aromatic heterocycles. The predicted molar refractivity (Wildman–Crippen MR) is 98.2 cm³/mol. The van der Waals surface area contributed by atoms with Gasteiger partial charge in [-0.3, -0.25) is 9.59 Å². The fourth-order valence-electron chi connectivity index (χ4n) is 3.94. The molecular weight excluding hydrogens is 352 g/mol. The van der Waals surface area contributed by atoms with Crippen molar-refractivity contribution < 1.29 is 19.4 Å². The summed E-state index contributed by atoms with van der Waals surface area (Å²) < 4.78 is 5.67. The molecular formula is C19H20N2O4S. The van der Waals surface area contributed by atoms with E-state index in [4.69, 9.17) is 4.74 Å². The minimum Gasteiger partial charge on any atom is -0.481 e. The van der Waals surface area contributed by atoms with Crippen molar-refractivity contribution in [3.8, 4) is 11.3 Å². The van der Waals surface area contributed by atoms with Gasteiger partial charge in [-0.25, -0.2) is 4.98 Å². The van der Waals surface area contributed by atoms with Gasteiger partial charge in [0, 0.05) is 10.4 Å². The molecule has 4 rings (SSSR count). The SMILES string of the molecule is Cc1ccc(-c2nc(NC(=O)[C@H]3[C@@H](C(=O)O)[C@@H]4CC[C@H]3O4)sc2C)cc1. The third kappa shape index (κ3) is 2.91. The number of aryl methyl sites for hydroxylation is 2. The number of carbonyl (C=O) groups is 2. The van der Waals surface area contributed by atoms with Crippen LogP contribution in [0.15, 0.2) is 24.3 Å². The number of aliphatic carboxylic acids is 1. The maximum absolute atomic E-state index is 12.7. The number of nitrogens with zero attached hydrogens (tertiary/aromatic N) is 1. The van der Waals surface area contributed by atoms with Crippen molar-refractivity contribution in [1.29, 1.82) is 0 Å². The standard InChI is InChI=1S/C19H20N2O4S/c1-9-3-5-11(6-4-9)16-10(2)26-19(20-16)21-17(22)14-12-7-8-13(25-12)15(14)18(23)24/h3-6,12-15H,7-8H2,1-2H3,(H,23,24)(H,20,21,22)/t12-,13+,14-,15+/m1/s1. The van der Waals surface area contributed by atoms with Crippen molar-refractivity contribution >= 4 is 28.3 Å². The van der Waals surface area contributed by atoms with Gasteiger partial charge in [-0.1, -0.05) is 29.8 Å². The van der Waals surface area contributed by atoms with Crippen molar-refractivity contribution in [2.24, 2.45) is 11.8 Å². The first-order valence-electron chi connectivity index (χ1n) is 8.67. The lowest BCUT2D eigenvalue weighted by atomic mass is 9.79. The van der Waals surface area contributed by atoms with Gasteiger partial charge in [0.05, 0.1) is 29.7 Å². The molecule has 2 fully saturated rings. The van der Waals surface area contributed by atoms with Crippen molar-refractivity contribution in [3.05, 3.63) is 34.7 Å². The first kappa shape index (κ1) is 17.2. The zero-order valence-electron chi connectivity index (χ0n) is 14.6. The van der Waals surface area contributed by atoms with E-state index in [0.29, 0.717) is 11.6 Å². The Hall–Kier alpha value is -2.25. The van der Waals surface area contributed by atoms with Crippen LogP contribution in [-0.4, -0.2) is 34.2 Å². The number of nitrogens with one attached hydrogen (secondary N) is 1. The third-order valence-electron chi connectivity index (χ3n) is 5.21. The maximum Gasteiger partial charge on any atom is 0.310 e. The number of anilines is 1. The summed E-state index contributed by atoms with van der Waals surface area (Å²) in [6, 6.07) is 8.06. The predicted octanol–water partition coefficient (Wildman–Crippen LogP) is 3.24. The number of thiazole rings is 1. The quantitative estimate of drug-likeness (QED) is 0.860. The van der Waals surface area contributed by atoms with Crippen LogP contribution < -0.4 is 5.32 Å². The van der Waals surface area contributed by atoms with Crippen molar-refractivity contribution in [2.75, 3.05) is 5.32 Å². The molecule has 6 nitrogen and oxygen atoms in total. The van der Waals surface area contributed by atoms with Crippen molar-refractivity contribution in [3.63, 3.8) is 0 Å². The maximum atomic E-state index is 12.7. The van der Waals surface area contributed by atoms with Gasteiger partial charge in [0.25, 0.3) is 0 Å². The lowest BCUT2D eigenvalue weighted by Crippen LogP contribution is -2.40. The van der Waals surface area contributed by atoms with Crippen LogP contribution in [0.4, 0.5) is 5.13 Å². The van der Waals surface area contributed by atoms with Crippen LogP contribution in [0.2, 0.25) is 0 Å². The molecule has 3 heterocycles. The summed E-state index contributed by atoms with van der Waals surface area (Å²) in [5.74, 6) is -2.70. The second-order valence-corrected chi connectivity index (χ2v) is 8.16. The average Bonchev–Trinajstić information content (AvgIpc) is 3.29. The zero-order chi connectivity index (χ0) is 18.4. The van der Waals surface area contributed by atoms with E-state index in [2.05, 4.69) is 10.3 Å². The van der Waals surface area contributed by atoms with Gasteiger partial charge in [0.2, 0.25) is 5.91 Å². The number of hydrogen-bond donors (Lipinski definition) is 2. The molecule has 2 aliphatic heterocycles. The van der Waals surface area contributed by atoms with E-state index in [1.54, 1.807) is 0 Å². The Morgan fingerprint density at radius 2 is 1.81 bits per heavy atom. The second kappa shape index (κ2) is 6.48. The van der Waals surface area contributed by atoms with Crippen LogP contribution in [0.25, 0.3) is 11.3 Å². The van der Waals surface area contributed by atoms with Gasteiger partial charge in [-0.2, -0.15) is 0 Å². The van der Waals surface area contributed by atoms with Gasteiger partial charge in [0.15, 0.2) is 5.13 Å². The smallest absolute Gasteiger partial charge is 0.310 e. The molecule has 1 amide bonds. The molecule has 1 aromatic carbocycles. The summed E-state index contributed by atoms with van der Waals surface area (Å²) in [5, 5.41) is 12.8. The molecule has 0 saturated carbocycles. The van der Waals surface area contributed by atoms with Gasteiger partial charge in [-0.05, 0) is 26.7 Å². The van der Waals surface area contributed by atoms with E-state index in [9.17, 15) is 14.7 Å². The van der Waals surface area contributed by atoms with Crippen molar-refractivity contribution in [1.82, 2.24) is 4.98 Å². The van der Waals surface area contributed by atoms with Crippen LogP contribution in [0.5, 0.6) is 0 Å². The molecule has 2 saturated heterocycles. The first-order valence-corrected chi connectivity index (χ1v) is 9.49. The molecule has 0 unspecified atom stereocenters. The summed E-state index contributed by atoms with van der Waals surface area (Å²) in [5.41, 5.74) is 3.01. The number of amides is 1. The highest BCUT2D eigenvalue weighted by Crippen LogP contribution is 2.44. The summed E-state index contributed by atoms with van der Waals surface area (Å²) >= 11 is 1.40. The topological polar surface area (TPSA) is 88.5 Å². The average molecular weight is 372 g/mol. The normalized spacial score (nSPS) is 26.8.